The minimum Gasteiger partial charge on any atom is -0.352 e. The highest BCUT2D eigenvalue weighted by molar-refractivity contribution is 6.36. The average Bonchev–Trinajstić information content (AvgIpc) is 2.73. The highest BCUT2D eigenvalue weighted by Gasteiger charge is 2.16. The maximum absolute atomic E-state index is 13.1. The van der Waals surface area contributed by atoms with Gasteiger partial charge in [-0.15, -0.1) is 0 Å². The van der Waals surface area contributed by atoms with Crippen molar-refractivity contribution in [3.05, 3.63) is 64.1 Å². The van der Waals surface area contributed by atoms with Crippen LogP contribution in [0.3, 0.4) is 0 Å². The van der Waals surface area contributed by atoms with Gasteiger partial charge in [-0.3, -0.25) is 4.79 Å². The molecule has 1 atom stereocenters. The number of pyridine rings is 1. The molecule has 152 valence electrons. The van der Waals surface area contributed by atoms with Crippen LogP contribution in [0.25, 0.3) is 22.2 Å². The molecule has 1 heterocycles. The molecule has 29 heavy (non-hydrogen) atoms. The molecule has 2 aromatic carbocycles. The van der Waals surface area contributed by atoms with E-state index in [0.29, 0.717) is 33.8 Å². The molecule has 0 spiro atoms. The smallest absolute Gasteiger partial charge is 0.252 e. The lowest BCUT2D eigenvalue weighted by molar-refractivity contribution is 0.0947. The summed E-state index contributed by atoms with van der Waals surface area (Å²) >= 11 is 12.4. The van der Waals surface area contributed by atoms with Crippen molar-refractivity contribution in [3.63, 3.8) is 0 Å². The van der Waals surface area contributed by atoms with E-state index < -0.39 is 0 Å². The Kier molecular flexibility index (Phi) is 7.51. The Hall–Kier alpha value is -2.10. The van der Waals surface area contributed by atoms with Crippen molar-refractivity contribution in [3.8, 4) is 11.3 Å². The molecular weight excluding hydrogens is 403 g/mol. The fourth-order valence-corrected chi connectivity index (χ4v) is 3.98. The lowest BCUT2D eigenvalue weighted by atomic mass is 9.99. The van der Waals surface area contributed by atoms with Crippen LogP contribution < -0.4 is 5.32 Å². The number of unbranched alkanes of at least 4 members (excludes halogenated alkanes) is 1. The van der Waals surface area contributed by atoms with Gasteiger partial charge in [0, 0.05) is 22.5 Å². The summed E-state index contributed by atoms with van der Waals surface area (Å²) in [6.07, 6.45) is 4.55. The first-order chi connectivity index (χ1) is 14.0. The molecule has 0 fully saturated rings. The Morgan fingerprint density at radius 2 is 1.90 bits per heavy atom. The second-order valence-corrected chi connectivity index (χ2v) is 8.17. The van der Waals surface area contributed by atoms with Gasteiger partial charge in [0.2, 0.25) is 0 Å². The Balaban J connectivity index is 1.95. The van der Waals surface area contributed by atoms with Gasteiger partial charge in [-0.25, -0.2) is 4.98 Å². The monoisotopic (exact) mass is 428 g/mol. The summed E-state index contributed by atoms with van der Waals surface area (Å²) in [6, 6.07) is 14.8. The summed E-state index contributed by atoms with van der Waals surface area (Å²) in [6.45, 7) is 5.05. The van der Waals surface area contributed by atoms with Crippen molar-refractivity contribution >= 4 is 40.0 Å². The molecule has 0 aliphatic carbocycles. The third-order valence-corrected chi connectivity index (χ3v) is 5.81. The van der Waals surface area contributed by atoms with Gasteiger partial charge >= 0.3 is 0 Å². The summed E-state index contributed by atoms with van der Waals surface area (Å²) in [5.41, 5.74) is 2.79. The zero-order valence-corrected chi connectivity index (χ0v) is 18.4. The number of nitrogens with one attached hydrogen (secondary N) is 1. The van der Waals surface area contributed by atoms with Gasteiger partial charge in [0.1, 0.15) is 0 Å². The van der Waals surface area contributed by atoms with Crippen molar-refractivity contribution in [2.45, 2.75) is 39.5 Å². The predicted octanol–water partition coefficient (Wildman–Crippen LogP) is 7.15. The van der Waals surface area contributed by atoms with Crippen molar-refractivity contribution < 1.29 is 4.79 Å². The first kappa shape index (κ1) is 21.6. The number of rotatable bonds is 8. The highest BCUT2D eigenvalue weighted by atomic mass is 35.5. The number of fused-ring (bicyclic) bond motifs is 1. The lowest BCUT2D eigenvalue weighted by Crippen LogP contribution is -2.29. The van der Waals surface area contributed by atoms with E-state index in [9.17, 15) is 4.79 Å². The second kappa shape index (κ2) is 10.1. The Bertz CT molecular complexity index is 1000. The Morgan fingerprint density at radius 3 is 2.62 bits per heavy atom. The van der Waals surface area contributed by atoms with Gasteiger partial charge in [-0.2, -0.15) is 0 Å². The minimum atomic E-state index is -0.0788. The molecule has 3 nitrogen and oxygen atoms in total. The number of para-hydroxylation sites is 1. The van der Waals surface area contributed by atoms with E-state index in [0.717, 1.165) is 29.3 Å². The van der Waals surface area contributed by atoms with E-state index >= 15 is 0 Å². The molecule has 0 radical (unpaired) electrons. The second-order valence-electron chi connectivity index (χ2n) is 7.32. The van der Waals surface area contributed by atoms with Crippen LogP contribution in [0.15, 0.2) is 48.5 Å². The molecule has 1 aromatic heterocycles. The number of carbonyl (C=O) groups excluding carboxylic acids is 1. The van der Waals surface area contributed by atoms with Crippen LogP contribution in [0.1, 0.15) is 49.9 Å². The number of amides is 1. The number of hydrogen-bond donors (Lipinski definition) is 1. The molecule has 1 amide bonds. The standard InChI is InChI=1S/C24H26Cl2N2O/c1-3-5-8-16(4-2)15-27-24(29)20-14-23(19-12-11-17(25)13-21(19)26)28-22-10-7-6-9-18(20)22/h6-7,9-14,16H,3-5,8,15H2,1-2H3,(H,27,29). The number of carbonyl (C=O) groups is 1. The van der Waals surface area contributed by atoms with E-state index in [1.54, 1.807) is 12.1 Å². The van der Waals surface area contributed by atoms with E-state index in [4.69, 9.17) is 28.2 Å². The molecule has 0 saturated heterocycles. The van der Waals surface area contributed by atoms with Gasteiger partial charge in [0.05, 0.1) is 21.8 Å². The summed E-state index contributed by atoms with van der Waals surface area (Å²) in [4.78, 5) is 17.8. The summed E-state index contributed by atoms with van der Waals surface area (Å²) in [5, 5.41) is 5.04. The largest absolute Gasteiger partial charge is 0.352 e. The fourth-order valence-electron chi connectivity index (χ4n) is 3.47. The number of hydrogen-bond acceptors (Lipinski definition) is 2. The fraction of sp³-hybridized carbons (Fsp3) is 0.333. The molecule has 0 saturated carbocycles. The third-order valence-electron chi connectivity index (χ3n) is 5.26. The van der Waals surface area contributed by atoms with Gasteiger partial charge in [-0.05, 0) is 42.7 Å². The topological polar surface area (TPSA) is 42.0 Å². The molecule has 1 N–H and O–H groups in total. The molecule has 0 bridgehead atoms. The summed E-state index contributed by atoms with van der Waals surface area (Å²) in [7, 11) is 0. The Labute approximate surface area is 182 Å². The Morgan fingerprint density at radius 1 is 1.10 bits per heavy atom. The van der Waals surface area contributed by atoms with Crippen LogP contribution in [0.5, 0.6) is 0 Å². The molecule has 3 rings (SSSR count). The third kappa shape index (κ3) is 5.29. The summed E-state index contributed by atoms with van der Waals surface area (Å²) < 4.78 is 0. The maximum atomic E-state index is 13.1. The SMILES string of the molecule is CCCCC(CC)CNC(=O)c1cc(-c2ccc(Cl)cc2Cl)nc2ccccc12. The lowest BCUT2D eigenvalue weighted by Gasteiger charge is -2.16. The quantitative estimate of drug-likeness (QED) is 0.413. The number of aromatic nitrogens is 1. The maximum Gasteiger partial charge on any atom is 0.252 e. The first-order valence-corrected chi connectivity index (χ1v) is 10.9. The number of nitrogens with zero attached hydrogens (tertiary/aromatic N) is 1. The van der Waals surface area contributed by atoms with Crippen LogP contribution in [-0.2, 0) is 0 Å². The predicted molar refractivity (Wildman–Crippen MR) is 123 cm³/mol. The first-order valence-electron chi connectivity index (χ1n) is 10.2. The van der Waals surface area contributed by atoms with E-state index in [-0.39, 0.29) is 5.91 Å². The van der Waals surface area contributed by atoms with Gasteiger partial charge < -0.3 is 5.32 Å². The van der Waals surface area contributed by atoms with Gasteiger partial charge in [0.25, 0.3) is 5.91 Å². The van der Waals surface area contributed by atoms with Crippen LogP contribution in [0.2, 0.25) is 10.0 Å². The van der Waals surface area contributed by atoms with Gasteiger partial charge in [-0.1, -0.05) is 74.5 Å². The van der Waals surface area contributed by atoms with Crippen LogP contribution in [-0.4, -0.2) is 17.4 Å². The normalized spacial score (nSPS) is 12.1. The van der Waals surface area contributed by atoms with Gasteiger partial charge in [0.15, 0.2) is 0 Å². The number of halogens is 2. The molecule has 1 unspecified atom stereocenters. The number of benzene rings is 2. The minimum absolute atomic E-state index is 0.0788. The summed E-state index contributed by atoms with van der Waals surface area (Å²) in [5.74, 6) is 0.419. The van der Waals surface area contributed by atoms with Crippen molar-refractivity contribution in [2.24, 2.45) is 5.92 Å². The highest BCUT2D eigenvalue weighted by Crippen LogP contribution is 2.31. The molecule has 0 aliphatic heterocycles. The molecular formula is C24H26Cl2N2O. The van der Waals surface area contributed by atoms with Crippen LogP contribution in [0, 0.1) is 5.92 Å². The molecule has 0 aliphatic rings. The van der Waals surface area contributed by atoms with E-state index in [2.05, 4.69) is 19.2 Å². The zero-order valence-electron chi connectivity index (χ0n) is 16.8. The average molecular weight is 429 g/mol. The molecule has 5 heteroatoms. The molecule has 3 aromatic rings. The van der Waals surface area contributed by atoms with Crippen molar-refractivity contribution in [1.29, 1.82) is 0 Å². The van der Waals surface area contributed by atoms with Crippen molar-refractivity contribution in [2.75, 3.05) is 6.54 Å². The van der Waals surface area contributed by atoms with E-state index in [1.807, 2.05) is 36.4 Å². The van der Waals surface area contributed by atoms with Crippen LogP contribution in [0.4, 0.5) is 0 Å². The zero-order chi connectivity index (χ0) is 20.8. The van der Waals surface area contributed by atoms with E-state index in [1.165, 1.54) is 12.8 Å². The van der Waals surface area contributed by atoms with Crippen molar-refractivity contribution in [1.82, 2.24) is 10.3 Å². The van der Waals surface area contributed by atoms with Crippen LogP contribution >= 0.6 is 23.2 Å².